The summed E-state index contributed by atoms with van der Waals surface area (Å²) in [6.07, 6.45) is 5.29. The highest BCUT2D eigenvalue weighted by molar-refractivity contribution is 8.00. The second-order valence-electron chi connectivity index (χ2n) is 7.38. The van der Waals surface area contributed by atoms with Crippen molar-refractivity contribution >= 4 is 29.0 Å². The van der Waals surface area contributed by atoms with Crippen LogP contribution >= 0.6 is 11.8 Å². The Hall–Kier alpha value is -3.53. The van der Waals surface area contributed by atoms with Gasteiger partial charge in [-0.25, -0.2) is 4.79 Å². The van der Waals surface area contributed by atoms with Gasteiger partial charge in [0.05, 0.1) is 22.9 Å². The molecule has 1 aromatic carbocycles. The summed E-state index contributed by atoms with van der Waals surface area (Å²) in [6.45, 7) is 0.368. The number of nitrogens with zero attached hydrogens (tertiary/aromatic N) is 4. The summed E-state index contributed by atoms with van der Waals surface area (Å²) >= 11 is 1.22. The molecule has 0 radical (unpaired) electrons. The molecule has 9 nitrogen and oxygen atoms in total. The van der Waals surface area contributed by atoms with Crippen LogP contribution in [0, 0.1) is 10.1 Å². The summed E-state index contributed by atoms with van der Waals surface area (Å²) in [7, 11) is 0. The number of non-ortho nitro benzene ring substituents is 1. The first-order valence-corrected chi connectivity index (χ1v) is 11.2. The van der Waals surface area contributed by atoms with Gasteiger partial charge in [-0.05, 0) is 43.9 Å². The van der Waals surface area contributed by atoms with Crippen LogP contribution < -0.4 is 11.0 Å². The Balaban J connectivity index is 1.51. The van der Waals surface area contributed by atoms with Gasteiger partial charge in [0.2, 0.25) is 5.91 Å². The van der Waals surface area contributed by atoms with Crippen LogP contribution in [0.2, 0.25) is 0 Å². The third-order valence-electron chi connectivity index (χ3n) is 5.18. The molecule has 2 aromatic heterocycles. The number of nitro groups is 1. The minimum absolute atomic E-state index is 0.0474. The van der Waals surface area contributed by atoms with Gasteiger partial charge in [0.15, 0.2) is 0 Å². The molecule has 164 valence electrons. The first-order valence-electron chi connectivity index (χ1n) is 10.2. The van der Waals surface area contributed by atoms with Crippen LogP contribution in [0.3, 0.4) is 0 Å². The van der Waals surface area contributed by atoms with E-state index in [0.717, 1.165) is 42.6 Å². The number of pyridine rings is 1. The molecule has 1 aliphatic rings. The molecule has 0 spiro atoms. The van der Waals surface area contributed by atoms with Gasteiger partial charge in [-0.3, -0.25) is 24.5 Å². The standard InChI is InChI=1S/C22H21N5O4S/c28-20(24-15-7-5-8-17(12-15)27(30)31)14-32-21-18-9-1-2-10-19(18)26(22(29)25-21)13-16-6-3-4-11-23-16/h3-8,11-12H,1-2,9-10,13-14H2,(H,24,28). The van der Waals surface area contributed by atoms with Crippen LogP contribution in [-0.2, 0) is 24.2 Å². The molecule has 1 N–H and O–H groups in total. The van der Waals surface area contributed by atoms with Gasteiger partial charge < -0.3 is 5.32 Å². The fourth-order valence-corrected chi connectivity index (χ4v) is 4.59. The molecule has 0 saturated carbocycles. The topological polar surface area (TPSA) is 120 Å². The minimum atomic E-state index is -0.513. The number of hydrogen-bond acceptors (Lipinski definition) is 7. The highest BCUT2D eigenvalue weighted by Crippen LogP contribution is 2.29. The third-order valence-corrected chi connectivity index (χ3v) is 6.20. The second-order valence-corrected chi connectivity index (χ2v) is 8.35. The highest BCUT2D eigenvalue weighted by Gasteiger charge is 2.21. The number of fused-ring (bicyclic) bond motifs is 1. The van der Waals surface area contributed by atoms with Gasteiger partial charge in [0.1, 0.15) is 5.03 Å². The van der Waals surface area contributed by atoms with Crippen molar-refractivity contribution < 1.29 is 9.72 Å². The van der Waals surface area contributed by atoms with E-state index in [1.54, 1.807) is 16.8 Å². The third kappa shape index (κ3) is 5.02. The fraction of sp³-hybridized carbons (Fsp3) is 0.273. The summed E-state index contributed by atoms with van der Waals surface area (Å²) in [5, 5.41) is 14.1. The smallest absolute Gasteiger partial charge is 0.325 e. The zero-order valence-corrected chi connectivity index (χ0v) is 18.0. The van der Waals surface area contributed by atoms with Gasteiger partial charge in [-0.2, -0.15) is 4.98 Å². The molecule has 0 saturated heterocycles. The van der Waals surface area contributed by atoms with E-state index >= 15 is 0 Å². The van der Waals surface area contributed by atoms with E-state index in [4.69, 9.17) is 0 Å². The molecule has 0 aliphatic heterocycles. The number of rotatable bonds is 7. The maximum Gasteiger partial charge on any atom is 0.349 e. The molecule has 0 unspecified atom stereocenters. The van der Waals surface area contributed by atoms with E-state index in [1.165, 1.54) is 30.0 Å². The Morgan fingerprint density at radius 2 is 2.03 bits per heavy atom. The largest absolute Gasteiger partial charge is 0.349 e. The summed E-state index contributed by atoms with van der Waals surface area (Å²) in [6, 6.07) is 11.4. The van der Waals surface area contributed by atoms with Gasteiger partial charge in [-0.15, -0.1) is 0 Å². The number of nitrogens with one attached hydrogen (secondary N) is 1. The van der Waals surface area contributed by atoms with Crippen molar-refractivity contribution in [2.45, 2.75) is 37.3 Å². The highest BCUT2D eigenvalue weighted by atomic mass is 32.2. The molecule has 0 atom stereocenters. The molecule has 2 heterocycles. The van der Waals surface area contributed by atoms with Crippen molar-refractivity contribution in [3.63, 3.8) is 0 Å². The predicted octanol–water partition coefficient (Wildman–Crippen LogP) is 3.20. The van der Waals surface area contributed by atoms with Crippen molar-refractivity contribution in [1.29, 1.82) is 0 Å². The first-order chi connectivity index (χ1) is 15.5. The Labute approximate surface area is 188 Å². The molecule has 1 aliphatic carbocycles. The van der Waals surface area contributed by atoms with Gasteiger partial charge in [0.25, 0.3) is 5.69 Å². The number of benzene rings is 1. The summed E-state index contributed by atoms with van der Waals surface area (Å²) in [5.41, 5.74) is 2.68. The number of hydrogen-bond donors (Lipinski definition) is 1. The SMILES string of the molecule is O=C(CSc1nc(=O)n(Cc2ccccn2)c2c1CCCC2)Nc1cccc([N+](=O)[O-])c1. The van der Waals surface area contributed by atoms with E-state index in [2.05, 4.69) is 15.3 Å². The van der Waals surface area contributed by atoms with Crippen LogP contribution in [-0.4, -0.2) is 31.1 Å². The molecule has 0 fully saturated rings. The van der Waals surface area contributed by atoms with Gasteiger partial charge in [-0.1, -0.05) is 23.9 Å². The summed E-state index contributed by atoms with van der Waals surface area (Å²) in [4.78, 5) is 44.2. The quantitative estimate of drug-likeness (QED) is 0.253. The minimum Gasteiger partial charge on any atom is -0.325 e. The maximum absolute atomic E-state index is 12.8. The Kier molecular flexibility index (Phi) is 6.60. The number of thioether (sulfide) groups is 1. The lowest BCUT2D eigenvalue weighted by Crippen LogP contribution is -2.31. The number of nitro benzene ring substituents is 1. The van der Waals surface area contributed by atoms with Crippen molar-refractivity contribution in [1.82, 2.24) is 14.5 Å². The zero-order chi connectivity index (χ0) is 22.5. The van der Waals surface area contributed by atoms with Gasteiger partial charge >= 0.3 is 5.69 Å². The summed E-state index contributed by atoms with van der Waals surface area (Å²) in [5.74, 6) is -0.272. The molecular formula is C22H21N5O4S. The average molecular weight is 452 g/mol. The second kappa shape index (κ2) is 9.73. The van der Waals surface area contributed by atoms with Gasteiger partial charge in [0, 0.05) is 35.3 Å². The first kappa shape index (κ1) is 21.7. The Morgan fingerprint density at radius 1 is 1.19 bits per heavy atom. The molecule has 32 heavy (non-hydrogen) atoms. The summed E-state index contributed by atoms with van der Waals surface area (Å²) < 4.78 is 1.68. The monoisotopic (exact) mass is 451 g/mol. The zero-order valence-electron chi connectivity index (χ0n) is 17.2. The Bertz CT molecular complexity index is 1210. The van der Waals surface area contributed by atoms with Crippen molar-refractivity contribution in [2.24, 2.45) is 0 Å². The lowest BCUT2D eigenvalue weighted by atomic mass is 9.97. The molecule has 0 bridgehead atoms. The normalized spacial score (nSPS) is 12.8. The van der Waals surface area contributed by atoms with Crippen LogP contribution in [0.25, 0.3) is 0 Å². The number of aromatic nitrogens is 3. The van der Waals surface area contributed by atoms with Crippen LogP contribution in [0.15, 0.2) is 58.5 Å². The van der Waals surface area contributed by atoms with Crippen LogP contribution in [0.4, 0.5) is 11.4 Å². The van der Waals surface area contributed by atoms with Crippen LogP contribution in [0.1, 0.15) is 29.8 Å². The maximum atomic E-state index is 12.8. The fourth-order valence-electron chi connectivity index (χ4n) is 3.71. The van der Waals surface area contributed by atoms with E-state index < -0.39 is 4.92 Å². The van der Waals surface area contributed by atoms with Crippen LogP contribution in [0.5, 0.6) is 0 Å². The lowest BCUT2D eigenvalue weighted by molar-refractivity contribution is -0.384. The van der Waals surface area contributed by atoms with E-state index in [9.17, 15) is 19.7 Å². The molecule has 1 amide bonds. The number of carbonyl (C=O) groups excluding carboxylic acids is 1. The van der Waals surface area contributed by atoms with Crippen molar-refractivity contribution in [3.8, 4) is 0 Å². The molecule has 3 aromatic rings. The number of amides is 1. The lowest BCUT2D eigenvalue weighted by Gasteiger charge is -2.22. The molecule has 10 heteroatoms. The van der Waals surface area contributed by atoms with Crippen molar-refractivity contribution in [2.75, 3.05) is 11.1 Å². The van der Waals surface area contributed by atoms with E-state index in [0.29, 0.717) is 17.3 Å². The molecule has 4 rings (SSSR count). The van der Waals surface area contributed by atoms with E-state index in [1.807, 2.05) is 18.2 Å². The van der Waals surface area contributed by atoms with Crippen molar-refractivity contribution in [3.05, 3.63) is 86.2 Å². The average Bonchev–Trinajstić information content (AvgIpc) is 2.80. The number of anilines is 1. The predicted molar refractivity (Wildman–Crippen MR) is 121 cm³/mol. The Morgan fingerprint density at radius 3 is 2.81 bits per heavy atom. The molecular weight excluding hydrogens is 430 g/mol. The van der Waals surface area contributed by atoms with E-state index in [-0.39, 0.29) is 23.0 Å². The number of carbonyl (C=O) groups is 1.